The zero-order valence-electron chi connectivity index (χ0n) is 16.5. The van der Waals surface area contributed by atoms with Gasteiger partial charge in [-0.15, -0.1) is 0 Å². The van der Waals surface area contributed by atoms with Gasteiger partial charge >= 0.3 is 5.97 Å². The van der Waals surface area contributed by atoms with Crippen LogP contribution in [0.15, 0.2) is 59.1 Å². The average Bonchev–Trinajstić information content (AvgIpc) is 2.71. The first-order chi connectivity index (χ1) is 14.4. The minimum absolute atomic E-state index is 0.167. The van der Waals surface area contributed by atoms with Gasteiger partial charge in [-0.1, -0.05) is 41.4 Å². The van der Waals surface area contributed by atoms with Gasteiger partial charge in [-0.25, -0.2) is 4.79 Å². The maximum atomic E-state index is 11.2. The van der Waals surface area contributed by atoms with Gasteiger partial charge in [0.1, 0.15) is 6.61 Å². The Bertz CT molecular complexity index is 1070. The van der Waals surface area contributed by atoms with Crippen molar-refractivity contribution in [2.45, 2.75) is 20.1 Å². The van der Waals surface area contributed by atoms with Gasteiger partial charge in [0.15, 0.2) is 11.5 Å². The SMILES string of the molecule is COc1cc(CNc2cc(C(=O)O)ccc2Cl)cc(Br)c1OCc1cccc(C)c1. The van der Waals surface area contributed by atoms with Gasteiger partial charge in [0.25, 0.3) is 0 Å². The molecule has 0 spiro atoms. The third-order valence-corrected chi connectivity index (χ3v) is 5.37. The van der Waals surface area contributed by atoms with Crippen molar-refractivity contribution in [3.8, 4) is 11.5 Å². The highest BCUT2D eigenvalue weighted by molar-refractivity contribution is 9.10. The molecule has 2 N–H and O–H groups in total. The lowest BCUT2D eigenvalue weighted by Crippen LogP contribution is -2.04. The van der Waals surface area contributed by atoms with E-state index in [0.717, 1.165) is 15.6 Å². The molecule has 0 radical (unpaired) electrons. The van der Waals surface area contributed by atoms with Crippen LogP contribution in [0.1, 0.15) is 27.0 Å². The summed E-state index contributed by atoms with van der Waals surface area (Å²) < 4.78 is 12.3. The number of carboxylic acids is 1. The van der Waals surface area contributed by atoms with Crippen LogP contribution in [0.5, 0.6) is 11.5 Å². The van der Waals surface area contributed by atoms with Crippen molar-refractivity contribution in [2.75, 3.05) is 12.4 Å². The molecule has 3 aromatic rings. The third-order valence-electron chi connectivity index (χ3n) is 4.45. The molecule has 5 nitrogen and oxygen atoms in total. The predicted octanol–water partition coefficient (Wildman–Crippen LogP) is 6.31. The third kappa shape index (κ3) is 5.46. The second-order valence-corrected chi connectivity index (χ2v) is 8.00. The van der Waals surface area contributed by atoms with Crippen LogP contribution in [-0.4, -0.2) is 18.2 Å². The maximum Gasteiger partial charge on any atom is 0.335 e. The van der Waals surface area contributed by atoms with Crippen LogP contribution in [-0.2, 0) is 13.2 Å². The van der Waals surface area contributed by atoms with Crippen molar-refractivity contribution in [2.24, 2.45) is 0 Å². The molecule has 0 aliphatic rings. The van der Waals surface area contributed by atoms with E-state index in [2.05, 4.69) is 27.3 Å². The van der Waals surface area contributed by atoms with Gasteiger partial charge in [0, 0.05) is 6.54 Å². The molecule has 0 aliphatic carbocycles. The lowest BCUT2D eigenvalue weighted by Gasteiger charge is -2.16. The fraction of sp³-hybridized carbons (Fsp3) is 0.174. The van der Waals surface area contributed by atoms with Crippen molar-refractivity contribution in [3.05, 3.63) is 86.3 Å². The van der Waals surface area contributed by atoms with E-state index < -0.39 is 5.97 Å². The van der Waals surface area contributed by atoms with Gasteiger partial charge in [0.2, 0.25) is 0 Å². The molecule has 0 fully saturated rings. The summed E-state index contributed by atoms with van der Waals surface area (Å²) in [6.45, 7) is 2.89. The highest BCUT2D eigenvalue weighted by Gasteiger charge is 2.13. The van der Waals surface area contributed by atoms with E-state index in [-0.39, 0.29) is 5.56 Å². The van der Waals surface area contributed by atoms with Gasteiger partial charge < -0.3 is 19.9 Å². The smallest absolute Gasteiger partial charge is 0.335 e. The number of methoxy groups -OCH3 is 1. The standard InChI is InChI=1S/C23H21BrClNO4/c1-14-4-3-5-15(8-14)13-30-22-18(24)9-16(10-21(22)29-2)12-26-20-11-17(23(27)28)6-7-19(20)25/h3-11,26H,12-13H2,1-2H3,(H,27,28). The summed E-state index contributed by atoms with van der Waals surface area (Å²) in [6, 6.07) is 16.5. The largest absolute Gasteiger partial charge is 0.493 e. The molecule has 0 aliphatic heterocycles. The molecule has 0 amide bonds. The fourth-order valence-electron chi connectivity index (χ4n) is 2.96. The van der Waals surface area contributed by atoms with Crippen molar-refractivity contribution >= 4 is 39.2 Å². The normalized spacial score (nSPS) is 10.5. The number of anilines is 1. The Kier molecular flexibility index (Phi) is 7.24. The number of aryl methyl sites for hydroxylation is 1. The number of carbonyl (C=O) groups is 1. The van der Waals surface area contributed by atoms with E-state index in [1.807, 2.05) is 37.3 Å². The number of hydrogen-bond acceptors (Lipinski definition) is 4. The topological polar surface area (TPSA) is 67.8 Å². The Morgan fingerprint density at radius 1 is 1.13 bits per heavy atom. The first-order valence-corrected chi connectivity index (χ1v) is 10.4. The number of halogens is 2. The van der Waals surface area contributed by atoms with E-state index in [9.17, 15) is 4.79 Å². The quantitative estimate of drug-likeness (QED) is 0.387. The van der Waals surface area contributed by atoms with Crippen molar-refractivity contribution in [1.29, 1.82) is 0 Å². The minimum Gasteiger partial charge on any atom is -0.493 e. The van der Waals surface area contributed by atoms with Crippen molar-refractivity contribution in [1.82, 2.24) is 0 Å². The summed E-state index contributed by atoms with van der Waals surface area (Å²) >= 11 is 9.75. The average molecular weight is 491 g/mol. The number of benzene rings is 3. The Hall–Kier alpha value is -2.70. The summed E-state index contributed by atoms with van der Waals surface area (Å²) in [5.74, 6) is 0.210. The molecule has 0 aromatic heterocycles. The monoisotopic (exact) mass is 489 g/mol. The van der Waals surface area contributed by atoms with Gasteiger partial charge in [-0.05, 0) is 64.3 Å². The molecular formula is C23H21BrClNO4. The van der Waals surface area contributed by atoms with Crippen LogP contribution in [0, 0.1) is 6.92 Å². The first kappa shape index (κ1) is 22.0. The summed E-state index contributed by atoms with van der Waals surface area (Å²) in [7, 11) is 1.59. The van der Waals surface area contributed by atoms with Gasteiger partial charge in [0.05, 0.1) is 27.9 Å². The Labute approximate surface area is 188 Å². The van der Waals surface area contributed by atoms with Gasteiger partial charge in [-0.2, -0.15) is 0 Å². The second kappa shape index (κ2) is 9.87. The molecule has 0 bridgehead atoms. The molecule has 7 heteroatoms. The molecule has 0 heterocycles. The molecule has 0 atom stereocenters. The number of hydrogen-bond donors (Lipinski definition) is 2. The van der Waals surface area contributed by atoms with Crippen LogP contribution < -0.4 is 14.8 Å². The van der Waals surface area contributed by atoms with E-state index in [0.29, 0.717) is 35.4 Å². The van der Waals surface area contributed by atoms with Gasteiger partial charge in [-0.3, -0.25) is 0 Å². The number of carboxylic acid groups (broad SMARTS) is 1. The Morgan fingerprint density at radius 2 is 1.93 bits per heavy atom. The van der Waals surface area contributed by atoms with E-state index in [4.69, 9.17) is 26.2 Å². The molecular weight excluding hydrogens is 470 g/mol. The summed E-state index contributed by atoms with van der Waals surface area (Å²) in [5, 5.41) is 12.8. The number of nitrogens with one attached hydrogen (secondary N) is 1. The Morgan fingerprint density at radius 3 is 2.63 bits per heavy atom. The highest BCUT2D eigenvalue weighted by Crippen LogP contribution is 2.37. The molecule has 3 aromatic carbocycles. The molecule has 156 valence electrons. The Balaban J connectivity index is 1.75. The fourth-order valence-corrected chi connectivity index (χ4v) is 3.75. The van der Waals surface area contributed by atoms with Crippen molar-refractivity contribution in [3.63, 3.8) is 0 Å². The lowest BCUT2D eigenvalue weighted by molar-refractivity contribution is 0.0697. The summed E-state index contributed by atoms with van der Waals surface area (Å²) in [5.41, 5.74) is 3.88. The number of ether oxygens (including phenoxy) is 2. The van der Waals surface area contributed by atoms with E-state index in [1.54, 1.807) is 13.2 Å². The molecule has 30 heavy (non-hydrogen) atoms. The van der Waals surface area contributed by atoms with Crippen LogP contribution >= 0.6 is 27.5 Å². The number of rotatable bonds is 8. The molecule has 3 rings (SSSR count). The lowest BCUT2D eigenvalue weighted by atomic mass is 10.1. The van der Waals surface area contributed by atoms with Crippen molar-refractivity contribution < 1.29 is 19.4 Å². The number of aromatic carboxylic acids is 1. The van der Waals surface area contributed by atoms with E-state index >= 15 is 0 Å². The molecule has 0 unspecified atom stereocenters. The highest BCUT2D eigenvalue weighted by atomic mass is 79.9. The summed E-state index contributed by atoms with van der Waals surface area (Å²) in [6.07, 6.45) is 0. The molecule has 0 saturated heterocycles. The first-order valence-electron chi connectivity index (χ1n) is 9.19. The zero-order valence-corrected chi connectivity index (χ0v) is 18.9. The van der Waals surface area contributed by atoms with Crippen LogP contribution in [0.4, 0.5) is 5.69 Å². The van der Waals surface area contributed by atoms with E-state index in [1.165, 1.54) is 17.7 Å². The zero-order chi connectivity index (χ0) is 21.7. The predicted molar refractivity (Wildman–Crippen MR) is 122 cm³/mol. The van der Waals surface area contributed by atoms with Crippen LogP contribution in [0.25, 0.3) is 0 Å². The van der Waals surface area contributed by atoms with Crippen LogP contribution in [0.2, 0.25) is 5.02 Å². The second-order valence-electron chi connectivity index (χ2n) is 6.74. The molecule has 0 saturated carbocycles. The van der Waals surface area contributed by atoms with Crippen LogP contribution in [0.3, 0.4) is 0 Å². The minimum atomic E-state index is -1.01. The summed E-state index contributed by atoms with van der Waals surface area (Å²) in [4.78, 5) is 11.2. The maximum absolute atomic E-state index is 11.2.